The molecule has 20 aromatic rings. The first-order valence-corrected chi connectivity index (χ1v) is 35.8. The number of hydrogen-bond donors (Lipinski definition) is 0. The van der Waals surface area contributed by atoms with Crippen molar-refractivity contribution in [2.75, 3.05) is 0 Å². The fourth-order valence-electron chi connectivity index (χ4n) is 14.3. The second-order valence-corrected chi connectivity index (χ2v) is 27.9. The first-order chi connectivity index (χ1) is 49.8. The van der Waals surface area contributed by atoms with Gasteiger partial charge in [0.1, 0.15) is 33.8 Å². The fraction of sp³-hybridized carbons (Fsp3) is 0.0909. The van der Waals surface area contributed by atoms with Crippen molar-refractivity contribution in [3.63, 3.8) is 0 Å². The molecule has 0 unspecified atom stereocenters. The third-order valence-corrected chi connectivity index (χ3v) is 21.1. The van der Waals surface area contributed by atoms with Gasteiger partial charge in [0.25, 0.3) is 0 Å². The summed E-state index contributed by atoms with van der Waals surface area (Å²) in [4.78, 5) is 15.0. The van der Waals surface area contributed by atoms with E-state index in [0.29, 0.717) is 0 Å². The molecule has 0 saturated heterocycles. The average molecular weight is 1360 g/mol. The van der Waals surface area contributed by atoms with Gasteiger partial charge in [-0.15, -0.1) is 25.4 Å². The molecule has 0 N–H and O–H groups in total. The van der Waals surface area contributed by atoms with Gasteiger partial charge >= 0.3 is 17.5 Å². The van der Waals surface area contributed by atoms with Crippen LogP contribution in [0.3, 0.4) is 0 Å². The molecule has 12 aromatic carbocycles. The van der Waals surface area contributed by atoms with Gasteiger partial charge in [-0.1, -0.05) is 143 Å². The molecule has 0 atom stereocenters. The van der Waals surface area contributed by atoms with Crippen LogP contribution in [0.5, 0.6) is 0 Å². The zero-order chi connectivity index (χ0) is 69.3. The maximum atomic E-state index is 5.56. The molecule has 20 rings (SSSR count). The minimum absolute atomic E-state index is 0.840. The number of aryl methyl sites for hydroxylation is 8. The van der Waals surface area contributed by atoms with Crippen LogP contribution < -0.4 is 18.6 Å². The number of hydrogen-bond acceptors (Lipinski definition) is 9. The summed E-state index contributed by atoms with van der Waals surface area (Å²) in [5, 5.41) is 36.8. The molecular weight excluding hydrogens is 1290 g/mol. The van der Waals surface area contributed by atoms with Gasteiger partial charge in [-0.3, -0.25) is 0 Å². The van der Waals surface area contributed by atoms with E-state index in [0.717, 1.165) is 89.4 Å². The summed E-state index contributed by atoms with van der Waals surface area (Å²) < 4.78 is 16.9. The van der Waals surface area contributed by atoms with Crippen LogP contribution in [0.15, 0.2) is 276 Å². The Morgan fingerprint density at radius 2 is 0.843 bits per heavy atom. The van der Waals surface area contributed by atoms with Crippen molar-refractivity contribution in [1.29, 1.82) is 0 Å². The van der Waals surface area contributed by atoms with Gasteiger partial charge in [-0.2, -0.15) is 11.3 Å². The molecule has 102 heavy (non-hydrogen) atoms. The van der Waals surface area contributed by atoms with Crippen LogP contribution in [0.25, 0.3) is 170 Å². The van der Waals surface area contributed by atoms with Gasteiger partial charge in [0.05, 0.1) is 28.5 Å². The van der Waals surface area contributed by atoms with Crippen molar-refractivity contribution in [2.45, 2.75) is 27.7 Å². The minimum atomic E-state index is 0.840. The van der Waals surface area contributed by atoms with E-state index < -0.39 is 0 Å². The quantitative estimate of drug-likeness (QED) is 0.125. The van der Waals surface area contributed by atoms with E-state index >= 15 is 0 Å². The number of aromatic nitrogens is 11. The number of para-hydroxylation sites is 1. The summed E-state index contributed by atoms with van der Waals surface area (Å²) in [6, 6.07) is 82.6. The van der Waals surface area contributed by atoms with Crippen molar-refractivity contribution in [3.05, 3.63) is 294 Å². The normalized spacial score (nSPS) is 11.5. The third kappa shape index (κ3) is 11.6. The lowest BCUT2D eigenvalue weighted by Crippen LogP contribution is -2.37. The molecule has 490 valence electrons. The number of fused-ring (bicyclic) bond motifs is 11. The molecular formula is C88H69N11OS2+4. The Kier molecular flexibility index (Phi) is 16.1. The van der Waals surface area contributed by atoms with Crippen LogP contribution in [-0.4, -0.2) is 34.8 Å². The molecule has 0 radical (unpaired) electrons. The number of thiophene rings is 2. The second kappa shape index (κ2) is 26.1. The number of pyridine rings is 1. The highest BCUT2D eigenvalue weighted by Crippen LogP contribution is 2.37. The Hall–Kier alpha value is -12.4. The molecule has 12 nitrogen and oxygen atoms in total. The summed E-state index contributed by atoms with van der Waals surface area (Å²) in [7, 11) is 8.01. The number of rotatable bonds is 5. The number of furan rings is 1. The first-order valence-electron chi connectivity index (χ1n) is 34.0. The van der Waals surface area contributed by atoms with Crippen LogP contribution in [0.1, 0.15) is 22.3 Å². The Labute approximate surface area is 596 Å². The minimum Gasteiger partial charge on any atom is -0.464 e. The van der Waals surface area contributed by atoms with Gasteiger partial charge in [0, 0.05) is 49.8 Å². The van der Waals surface area contributed by atoms with E-state index in [1.807, 2.05) is 65.5 Å². The smallest absolute Gasteiger partial charge is 0.352 e. The third-order valence-electron chi connectivity index (χ3n) is 19.5. The zero-order valence-electron chi connectivity index (χ0n) is 57.6. The Balaban J connectivity index is 0.000000102. The molecule has 8 aromatic heterocycles. The Morgan fingerprint density at radius 3 is 1.39 bits per heavy atom. The number of benzene rings is 12. The van der Waals surface area contributed by atoms with Crippen molar-refractivity contribution >= 4 is 142 Å². The van der Waals surface area contributed by atoms with Gasteiger partial charge in [0.2, 0.25) is 22.2 Å². The molecule has 0 fully saturated rings. The molecule has 0 spiro atoms. The summed E-state index contributed by atoms with van der Waals surface area (Å²) in [6.45, 7) is 8.54. The van der Waals surface area contributed by atoms with E-state index in [4.69, 9.17) is 34.7 Å². The van der Waals surface area contributed by atoms with Gasteiger partial charge < -0.3 is 8.98 Å². The molecule has 0 aliphatic heterocycles. The predicted octanol–water partition coefficient (Wildman–Crippen LogP) is 19.5. The van der Waals surface area contributed by atoms with E-state index in [2.05, 4.69) is 279 Å². The summed E-state index contributed by atoms with van der Waals surface area (Å²) in [5.41, 5.74) is 19.4. The van der Waals surface area contributed by atoms with E-state index in [-0.39, 0.29) is 0 Å². The van der Waals surface area contributed by atoms with Crippen molar-refractivity contribution in [2.24, 2.45) is 28.2 Å². The lowest BCUT2D eigenvalue weighted by Gasteiger charge is -2.08. The molecule has 14 heteroatoms. The summed E-state index contributed by atoms with van der Waals surface area (Å²) >= 11 is 3.52. The van der Waals surface area contributed by atoms with Crippen molar-refractivity contribution in [3.8, 4) is 51.1 Å². The highest BCUT2D eigenvalue weighted by molar-refractivity contribution is 7.17. The lowest BCUT2D eigenvalue weighted by atomic mass is 10.0. The molecule has 0 amide bonds. The zero-order valence-corrected chi connectivity index (χ0v) is 59.3. The predicted molar refractivity (Wildman–Crippen MR) is 418 cm³/mol. The second-order valence-electron chi connectivity index (χ2n) is 26.2. The van der Waals surface area contributed by atoms with E-state index in [9.17, 15) is 0 Å². The highest BCUT2D eigenvalue weighted by Gasteiger charge is 2.27. The van der Waals surface area contributed by atoms with Crippen molar-refractivity contribution in [1.82, 2.24) is 34.8 Å². The van der Waals surface area contributed by atoms with Crippen LogP contribution in [0, 0.1) is 27.7 Å². The van der Waals surface area contributed by atoms with Crippen LogP contribution >= 0.6 is 22.7 Å². The van der Waals surface area contributed by atoms with Crippen LogP contribution in [-0.2, 0) is 28.2 Å². The Morgan fingerprint density at radius 1 is 0.373 bits per heavy atom. The maximum absolute atomic E-state index is 5.56. The monoisotopic (exact) mass is 1360 g/mol. The Bertz CT molecular complexity index is 6510. The lowest BCUT2D eigenvalue weighted by molar-refractivity contribution is -0.720. The van der Waals surface area contributed by atoms with E-state index in [1.165, 1.54) is 103 Å². The molecule has 0 saturated carbocycles. The fourth-order valence-corrected chi connectivity index (χ4v) is 15.8. The maximum Gasteiger partial charge on any atom is 0.352 e. The van der Waals surface area contributed by atoms with E-state index in [1.54, 1.807) is 28.9 Å². The molecule has 0 aliphatic carbocycles. The first kappa shape index (κ1) is 63.1. The van der Waals surface area contributed by atoms with Crippen molar-refractivity contribution < 1.29 is 23.0 Å². The summed E-state index contributed by atoms with van der Waals surface area (Å²) in [6.07, 6.45) is 6.08. The number of nitrogens with zero attached hydrogens (tertiary/aromatic N) is 11. The largest absolute Gasteiger partial charge is 0.464 e. The van der Waals surface area contributed by atoms with Gasteiger partial charge in [-0.25, -0.2) is 4.57 Å². The summed E-state index contributed by atoms with van der Waals surface area (Å²) in [5.74, 6) is 2.62. The van der Waals surface area contributed by atoms with Crippen LogP contribution in [0.2, 0.25) is 0 Å². The molecule has 0 bridgehead atoms. The van der Waals surface area contributed by atoms with Gasteiger partial charge in [-0.05, 0) is 233 Å². The van der Waals surface area contributed by atoms with Crippen LogP contribution in [0.4, 0.5) is 0 Å². The standard InChI is InChI=1S/C27H21N4.C21H16N3O.C21H16N3S.C19H16NS/c1-18-12-13-25-22(14-15-31(25)21-10-4-3-5-11-21)26(18)27-28-23-16-19-8-6-7-9-20(19)17-24(23)29-30(27)2;2*1-13-7-8-19-16(9-10-25-19)20(13)21-22-17-11-14-5-3-4-6-15(14)12-18(17)23-24(21)2;1-13-5-3-4-6-18(13)19-9-14-7-16-11-21-12-17(16)8-15(14)10-20(19)2/h3-17H,1-2H3;2*3-12H,1-2H3;3-12H,1-2H3/q4*+1. The average Bonchev–Trinajstić information content (AvgIpc) is 1.52. The SMILES string of the molecule is Cc1ccc2c(ccn2-c2ccccc2)c1-c1nc2cc3ccccc3cc2n[n+]1C.Cc1ccc2occc2c1-c1nc2cc3ccccc3cc2n[n+]1C.Cc1ccc2sccc2c1-c1nc2cc3ccccc3cc2n[n+]1C.Cc1ccccc1-c1cc2cc3cscc3cc2c[n+]1C. The molecule has 8 heterocycles. The highest BCUT2D eigenvalue weighted by atomic mass is 32.1. The molecule has 0 aliphatic rings. The topological polar surface area (TPSA) is 111 Å². The van der Waals surface area contributed by atoms with Gasteiger partial charge in [0.15, 0.2) is 22.7 Å².